The van der Waals surface area contributed by atoms with Gasteiger partial charge in [0.05, 0.1) is 36.6 Å². The maximum Gasteiger partial charge on any atom is 0.418 e. The average molecular weight is 650 g/mol. The van der Waals surface area contributed by atoms with Crippen LogP contribution in [-0.4, -0.2) is 46.3 Å². The molecule has 1 unspecified atom stereocenters. The van der Waals surface area contributed by atoms with Crippen molar-refractivity contribution in [2.24, 2.45) is 0 Å². The molecular formula is C36H35F4N3O4. The van der Waals surface area contributed by atoms with E-state index in [0.29, 0.717) is 27.8 Å². The number of fused-ring (bicyclic) bond motifs is 1. The molecule has 2 N–H and O–H groups in total. The number of halogens is 4. The molecule has 7 nitrogen and oxygen atoms in total. The van der Waals surface area contributed by atoms with E-state index in [4.69, 9.17) is 9.47 Å². The minimum absolute atomic E-state index is 0.111. The van der Waals surface area contributed by atoms with Crippen molar-refractivity contribution in [3.05, 3.63) is 119 Å². The number of methoxy groups -OCH3 is 1. The second-order valence-electron chi connectivity index (χ2n) is 12.2. The predicted octanol–water partition coefficient (Wildman–Crippen LogP) is 7.91. The topological polar surface area (TPSA) is 85.6 Å². The first-order chi connectivity index (χ1) is 22.2. The fourth-order valence-corrected chi connectivity index (χ4v) is 5.73. The number of nitrogens with zero attached hydrogens (tertiary/aromatic N) is 2. The lowest BCUT2D eigenvalue weighted by atomic mass is 9.74. The van der Waals surface area contributed by atoms with E-state index in [9.17, 15) is 27.5 Å². The number of ether oxygens (including phenoxy) is 2. The Morgan fingerprint density at radius 1 is 0.979 bits per heavy atom. The largest absolute Gasteiger partial charge is 0.496 e. The van der Waals surface area contributed by atoms with Gasteiger partial charge >= 0.3 is 12.1 Å². The second kappa shape index (κ2) is 13.1. The molecule has 0 radical (unpaired) electrons. The van der Waals surface area contributed by atoms with Crippen molar-refractivity contribution >= 4 is 22.6 Å². The van der Waals surface area contributed by atoms with Gasteiger partial charge < -0.3 is 19.9 Å². The summed E-state index contributed by atoms with van der Waals surface area (Å²) in [7, 11) is 1.35. The Hall–Kier alpha value is -4.90. The highest BCUT2D eigenvalue weighted by Gasteiger charge is 2.56. The van der Waals surface area contributed by atoms with E-state index >= 15 is 0 Å². The minimum atomic E-state index is -5.03. The van der Waals surface area contributed by atoms with Gasteiger partial charge in [-0.05, 0) is 78.4 Å². The zero-order valence-electron chi connectivity index (χ0n) is 26.4. The molecule has 4 aromatic carbocycles. The highest BCUT2D eigenvalue weighted by Crippen LogP contribution is 2.44. The minimum Gasteiger partial charge on any atom is -0.496 e. The number of benzene rings is 4. The smallest absolute Gasteiger partial charge is 0.418 e. The summed E-state index contributed by atoms with van der Waals surface area (Å²) in [5.41, 5.74) is -1.01. The lowest BCUT2D eigenvalue weighted by Crippen LogP contribution is -2.53. The third-order valence-corrected chi connectivity index (χ3v) is 8.10. The van der Waals surface area contributed by atoms with Gasteiger partial charge in [-0.25, -0.2) is 13.9 Å². The molecule has 0 saturated heterocycles. The van der Waals surface area contributed by atoms with Crippen molar-refractivity contribution in [1.29, 1.82) is 0 Å². The Labute approximate surface area is 269 Å². The van der Waals surface area contributed by atoms with Crippen molar-refractivity contribution in [3.8, 4) is 11.4 Å². The van der Waals surface area contributed by atoms with E-state index in [1.807, 2.05) is 36.4 Å². The van der Waals surface area contributed by atoms with E-state index in [1.165, 1.54) is 33.2 Å². The number of nitrogens with one attached hydrogen (secondary N) is 1. The van der Waals surface area contributed by atoms with E-state index in [2.05, 4.69) is 10.4 Å². The zero-order chi connectivity index (χ0) is 34.0. The first-order valence-electron chi connectivity index (χ1n) is 14.9. The molecule has 246 valence electrons. The summed E-state index contributed by atoms with van der Waals surface area (Å²) in [6.07, 6.45) is -4.30. The van der Waals surface area contributed by atoms with Crippen molar-refractivity contribution in [2.45, 2.75) is 51.0 Å². The number of hydrogen-bond donors (Lipinski definition) is 2. The number of carbonyl (C=O) groups is 1. The van der Waals surface area contributed by atoms with Crippen molar-refractivity contribution in [3.63, 3.8) is 0 Å². The van der Waals surface area contributed by atoms with Crippen LogP contribution in [-0.2, 0) is 16.8 Å². The molecule has 11 heteroatoms. The van der Waals surface area contributed by atoms with E-state index in [0.717, 1.165) is 23.3 Å². The number of hydrogen-bond acceptors (Lipinski definition) is 6. The number of aryl methyl sites for hydroxylation is 1. The fraction of sp³-hybridized carbons (Fsp3) is 0.278. The van der Waals surface area contributed by atoms with Gasteiger partial charge in [0.1, 0.15) is 18.2 Å². The Kier molecular flexibility index (Phi) is 9.31. The Bertz CT molecular complexity index is 1890. The van der Waals surface area contributed by atoms with E-state index < -0.39 is 41.9 Å². The van der Waals surface area contributed by atoms with Crippen LogP contribution in [0.3, 0.4) is 0 Å². The van der Waals surface area contributed by atoms with Crippen LogP contribution in [0.4, 0.5) is 23.2 Å². The van der Waals surface area contributed by atoms with Gasteiger partial charge in [0.2, 0.25) is 0 Å². The van der Waals surface area contributed by atoms with Crippen LogP contribution in [0, 0.1) is 12.7 Å². The number of rotatable bonds is 11. The fourth-order valence-electron chi connectivity index (χ4n) is 5.73. The summed E-state index contributed by atoms with van der Waals surface area (Å²) >= 11 is 0. The summed E-state index contributed by atoms with van der Waals surface area (Å²) in [4.78, 5) is 12.8. The quantitative estimate of drug-likeness (QED) is 0.112. The molecule has 1 atom stereocenters. The number of esters is 1. The Balaban J connectivity index is 1.41. The molecule has 0 aliphatic rings. The third-order valence-electron chi connectivity index (χ3n) is 8.10. The molecule has 0 fully saturated rings. The van der Waals surface area contributed by atoms with Crippen LogP contribution in [0.15, 0.2) is 91.1 Å². The number of alkyl halides is 3. The van der Waals surface area contributed by atoms with Gasteiger partial charge in [-0.3, -0.25) is 0 Å². The van der Waals surface area contributed by atoms with Gasteiger partial charge in [-0.2, -0.15) is 18.3 Å². The van der Waals surface area contributed by atoms with E-state index in [1.54, 1.807) is 41.9 Å². The maximum atomic E-state index is 14.5. The molecule has 0 spiro atoms. The number of carbonyl (C=O) groups excluding carboxylic acids is 1. The van der Waals surface area contributed by atoms with Crippen LogP contribution in [0.25, 0.3) is 16.6 Å². The molecule has 5 aromatic rings. The first-order valence-corrected chi connectivity index (χ1v) is 14.9. The van der Waals surface area contributed by atoms with Gasteiger partial charge in [-0.15, -0.1) is 0 Å². The first kappa shape index (κ1) is 33.5. The summed E-state index contributed by atoms with van der Waals surface area (Å²) in [6, 6.07) is 23.1. The summed E-state index contributed by atoms with van der Waals surface area (Å²) in [5.74, 6) is -0.928. The molecule has 1 heterocycles. The number of aliphatic hydroxyl groups is 1. The molecule has 0 aliphatic heterocycles. The van der Waals surface area contributed by atoms with Crippen LogP contribution in [0.2, 0.25) is 0 Å². The Morgan fingerprint density at radius 2 is 1.72 bits per heavy atom. The lowest BCUT2D eigenvalue weighted by Gasteiger charge is -2.38. The number of anilines is 1. The maximum absolute atomic E-state index is 14.5. The molecule has 0 aliphatic carbocycles. The SMILES string of the molecule is COc1ccc(F)cc1C(C)(C)CC(O)(CNc1cc(C)cc2c1cnn2-c1cccc(C(=O)OCc2ccccc2)c1)C(F)(F)F. The number of aromatic nitrogens is 2. The molecular weight excluding hydrogens is 614 g/mol. The Morgan fingerprint density at radius 3 is 2.43 bits per heavy atom. The molecule has 0 saturated carbocycles. The molecule has 0 bridgehead atoms. The van der Waals surface area contributed by atoms with Gasteiger partial charge in [0, 0.05) is 16.6 Å². The van der Waals surface area contributed by atoms with Crippen molar-refractivity contribution in [1.82, 2.24) is 9.78 Å². The van der Waals surface area contributed by atoms with Crippen molar-refractivity contribution in [2.75, 3.05) is 19.0 Å². The zero-order valence-corrected chi connectivity index (χ0v) is 26.4. The second-order valence-corrected chi connectivity index (χ2v) is 12.2. The molecule has 1 aromatic heterocycles. The van der Waals surface area contributed by atoms with Crippen LogP contribution < -0.4 is 10.1 Å². The average Bonchev–Trinajstić information content (AvgIpc) is 3.46. The van der Waals surface area contributed by atoms with Gasteiger partial charge in [0.15, 0.2) is 5.60 Å². The van der Waals surface area contributed by atoms with Crippen LogP contribution >= 0.6 is 0 Å². The highest BCUT2D eigenvalue weighted by atomic mass is 19.4. The predicted molar refractivity (Wildman–Crippen MR) is 171 cm³/mol. The summed E-state index contributed by atoms with van der Waals surface area (Å²) in [6.45, 7) is 4.02. The third kappa shape index (κ3) is 7.25. The highest BCUT2D eigenvalue weighted by molar-refractivity contribution is 5.94. The summed E-state index contributed by atoms with van der Waals surface area (Å²) < 4.78 is 70.1. The van der Waals surface area contributed by atoms with Crippen LogP contribution in [0.5, 0.6) is 5.75 Å². The standard InChI is InChI=1S/C36H35F4N3O4/c1-23-15-30(41-22-35(45,36(38,39)40)21-34(2,3)29-18-26(37)13-14-32(29)46-4)28-19-42-43(31(28)16-23)27-12-8-11-25(17-27)33(44)47-20-24-9-6-5-7-10-24/h5-19,41,45H,20-22H2,1-4H3. The molecule has 0 amide bonds. The molecule has 47 heavy (non-hydrogen) atoms. The normalized spacial score (nSPS) is 13.3. The lowest BCUT2D eigenvalue weighted by molar-refractivity contribution is -0.260. The van der Waals surface area contributed by atoms with Crippen molar-refractivity contribution < 1.29 is 36.9 Å². The van der Waals surface area contributed by atoms with E-state index in [-0.39, 0.29) is 17.9 Å². The summed E-state index contributed by atoms with van der Waals surface area (Å²) in [5, 5.41) is 19.0. The van der Waals surface area contributed by atoms with Crippen LogP contribution in [0.1, 0.15) is 47.3 Å². The molecule has 5 rings (SSSR count). The monoisotopic (exact) mass is 649 g/mol. The van der Waals surface area contributed by atoms with Gasteiger partial charge in [-0.1, -0.05) is 50.2 Å². The van der Waals surface area contributed by atoms with Gasteiger partial charge in [0.25, 0.3) is 0 Å².